The van der Waals surface area contributed by atoms with Gasteiger partial charge in [-0.1, -0.05) is 42.5 Å². The van der Waals surface area contributed by atoms with Crippen LogP contribution in [0.3, 0.4) is 0 Å². The smallest absolute Gasteiger partial charge is 0.340 e. The lowest BCUT2D eigenvalue weighted by molar-refractivity contribution is 0.0602. The fourth-order valence-corrected chi connectivity index (χ4v) is 5.72. The predicted octanol–water partition coefficient (Wildman–Crippen LogP) is 4.03. The van der Waals surface area contributed by atoms with Gasteiger partial charge in [0.05, 0.1) is 35.3 Å². The summed E-state index contributed by atoms with van der Waals surface area (Å²) in [6.45, 7) is 1.62. The molecule has 0 aliphatic carbocycles. The Morgan fingerprint density at radius 2 is 1.71 bits per heavy atom. The van der Waals surface area contributed by atoms with Crippen molar-refractivity contribution in [2.24, 2.45) is 0 Å². The first-order valence-corrected chi connectivity index (χ1v) is 12.3. The normalized spacial score (nSPS) is 15.4. The number of hydrogen-bond donors (Lipinski definition) is 0. The van der Waals surface area contributed by atoms with Gasteiger partial charge in [0.25, 0.3) is 15.9 Å². The molecule has 5 rings (SSSR count). The summed E-state index contributed by atoms with van der Waals surface area (Å²) in [4.78, 5) is 26.1. The summed E-state index contributed by atoms with van der Waals surface area (Å²) < 4.78 is 40.6. The highest BCUT2D eigenvalue weighted by Gasteiger charge is 2.38. The molecular formula is C26H22N2O6S. The number of ether oxygens (including phenoxy) is 2. The van der Waals surface area contributed by atoms with Crippen molar-refractivity contribution in [2.45, 2.75) is 17.9 Å². The summed E-state index contributed by atoms with van der Waals surface area (Å²) >= 11 is 0. The van der Waals surface area contributed by atoms with E-state index in [1.807, 2.05) is 6.92 Å². The Labute approximate surface area is 202 Å². The molecule has 0 unspecified atom stereocenters. The quantitative estimate of drug-likeness (QED) is 0.401. The maximum Gasteiger partial charge on any atom is 0.340 e. The van der Waals surface area contributed by atoms with Gasteiger partial charge in [0, 0.05) is 11.6 Å². The number of aryl methyl sites for hydroxylation is 1. The average molecular weight is 491 g/mol. The molecule has 0 saturated heterocycles. The number of anilines is 1. The molecule has 0 spiro atoms. The minimum atomic E-state index is -3.97. The Morgan fingerprint density at radius 3 is 2.46 bits per heavy atom. The second-order valence-corrected chi connectivity index (χ2v) is 10.0. The lowest BCUT2D eigenvalue weighted by Gasteiger charge is -2.35. The van der Waals surface area contributed by atoms with E-state index >= 15 is 0 Å². The highest BCUT2D eigenvalue weighted by molar-refractivity contribution is 7.92. The molecule has 0 N–H and O–H groups in total. The van der Waals surface area contributed by atoms with Gasteiger partial charge < -0.3 is 9.47 Å². The van der Waals surface area contributed by atoms with Crippen molar-refractivity contribution in [1.82, 2.24) is 4.57 Å². The zero-order valence-corrected chi connectivity index (χ0v) is 19.9. The van der Waals surface area contributed by atoms with E-state index in [4.69, 9.17) is 9.47 Å². The number of carbonyl (C=O) groups is 2. The van der Waals surface area contributed by atoms with Crippen molar-refractivity contribution in [3.63, 3.8) is 0 Å². The minimum Gasteiger partial charge on any atom is -0.476 e. The highest BCUT2D eigenvalue weighted by Crippen LogP contribution is 2.38. The number of carbonyl (C=O) groups excluding carboxylic acids is 2. The maximum atomic E-state index is 13.7. The Morgan fingerprint density at radius 1 is 1.00 bits per heavy atom. The van der Waals surface area contributed by atoms with Crippen molar-refractivity contribution in [2.75, 3.05) is 18.0 Å². The van der Waals surface area contributed by atoms with E-state index < -0.39 is 28.0 Å². The molecule has 0 bridgehead atoms. The molecule has 35 heavy (non-hydrogen) atoms. The molecule has 8 nitrogen and oxygen atoms in total. The molecule has 9 heteroatoms. The SMILES string of the molecule is COC(=O)c1cn(C(=O)[C@H]2CN(S(=O)(=O)c3ccccc3)c3ccc(C)cc3O2)c2ccccc12. The third-order valence-corrected chi connectivity index (χ3v) is 7.74. The predicted molar refractivity (Wildman–Crippen MR) is 130 cm³/mol. The maximum absolute atomic E-state index is 13.7. The number of hydrogen-bond acceptors (Lipinski definition) is 6. The van der Waals surface area contributed by atoms with Crippen LogP contribution in [-0.4, -0.2) is 44.6 Å². The molecule has 4 aromatic rings. The topological polar surface area (TPSA) is 94.9 Å². The number of rotatable bonds is 4. The molecule has 1 aromatic heterocycles. The standard InChI is InChI=1S/C26H22N2O6S/c1-17-12-13-22-23(14-17)34-24(16-28(22)35(31,32)18-8-4-3-5-9-18)25(29)27-15-20(26(30)33-2)19-10-6-7-11-21(19)27/h3-15,24H,16H2,1-2H3/t24-/m1/s1. The van der Waals surface area contributed by atoms with E-state index in [1.54, 1.807) is 60.7 Å². The monoisotopic (exact) mass is 490 g/mol. The second kappa shape index (κ2) is 8.59. The molecule has 0 radical (unpaired) electrons. The van der Waals surface area contributed by atoms with Gasteiger partial charge in [-0.15, -0.1) is 0 Å². The summed E-state index contributed by atoms with van der Waals surface area (Å²) in [5.74, 6) is -0.790. The van der Waals surface area contributed by atoms with Crippen LogP contribution in [0.5, 0.6) is 5.75 Å². The first-order valence-electron chi connectivity index (χ1n) is 10.9. The number of esters is 1. The lowest BCUT2D eigenvalue weighted by Crippen LogP contribution is -2.48. The van der Waals surface area contributed by atoms with Gasteiger partial charge in [0.15, 0.2) is 6.10 Å². The molecule has 0 fully saturated rings. The van der Waals surface area contributed by atoms with Crippen molar-refractivity contribution in [1.29, 1.82) is 0 Å². The number of fused-ring (bicyclic) bond motifs is 2. The van der Waals surface area contributed by atoms with Crippen molar-refractivity contribution in [3.05, 3.63) is 90.1 Å². The van der Waals surface area contributed by atoms with Crippen molar-refractivity contribution < 1.29 is 27.5 Å². The summed E-state index contributed by atoms with van der Waals surface area (Å²) in [5.41, 5.74) is 1.94. The second-order valence-electron chi connectivity index (χ2n) is 8.19. The van der Waals surface area contributed by atoms with Crippen LogP contribution >= 0.6 is 0 Å². The molecule has 1 aliphatic rings. The first kappa shape index (κ1) is 22.7. The number of sulfonamides is 1. The molecule has 0 amide bonds. The Balaban J connectivity index is 1.61. The molecule has 178 valence electrons. The van der Waals surface area contributed by atoms with Crippen LogP contribution in [0.1, 0.15) is 20.7 Å². The van der Waals surface area contributed by atoms with Gasteiger partial charge >= 0.3 is 5.97 Å². The van der Waals surface area contributed by atoms with E-state index in [9.17, 15) is 18.0 Å². The van der Waals surface area contributed by atoms with Crippen LogP contribution in [0.4, 0.5) is 5.69 Å². The van der Waals surface area contributed by atoms with E-state index in [1.165, 1.54) is 34.3 Å². The highest BCUT2D eigenvalue weighted by atomic mass is 32.2. The minimum absolute atomic E-state index is 0.110. The van der Waals surface area contributed by atoms with Gasteiger partial charge in [-0.05, 0) is 42.8 Å². The van der Waals surface area contributed by atoms with Crippen LogP contribution in [0, 0.1) is 6.92 Å². The van der Waals surface area contributed by atoms with Crippen LogP contribution in [0.25, 0.3) is 10.9 Å². The third kappa shape index (κ3) is 3.83. The molecule has 2 heterocycles. The fraction of sp³-hybridized carbons (Fsp3) is 0.154. The number of para-hydroxylation sites is 1. The first-order chi connectivity index (χ1) is 16.8. The third-order valence-electron chi connectivity index (χ3n) is 5.95. The number of methoxy groups -OCH3 is 1. The summed E-state index contributed by atoms with van der Waals surface area (Å²) in [6.07, 6.45) is 0.258. The molecule has 0 saturated carbocycles. The van der Waals surface area contributed by atoms with Crippen LogP contribution in [0.2, 0.25) is 0 Å². The lowest BCUT2D eigenvalue weighted by atomic mass is 10.1. The van der Waals surface area contributed by atoms with Crippen molar-refractivity contribution in [3.8, 4) is 5.75 Å². The van der Waals surface area contributed by atoms with Crippen molar-refractivity contribution >= 4 is 38.5 Å². The van der Waals surface area contributed by atoms with Gasteiger partial charge in [0.1, 0.15) is 5.75 Å². The van der Waals surface area contributed by atoms with Gasteiger partial charge in [-0.25, -0.2) is 13.2 Å². The van der Waals surface area contributed by atoms with Crippen LogP contribution in [-0.2, 0) is 14.8 Å². The van der Waals surface area contributed by atoms with Gasteiger partial charge in [-0.3, -0.25) is 13.7 Å². The Hall–Kier alpha value is -4.11. The largest absolute Gasteiger partial charge is 0.476 e. The zero-order valence-electron chi connectivity index (χ0n) is 19.0. The Bertz CT molecular complexity index is 1560. The zero-order chi connectivity index (χ0) is 24.7. The number of nitrogens with zero attached hydrogens (tertiary/aromatic N) is 2. The molecule has 1 atom stereocenters. The van der Waals surface area contributed by atoms with Gasteiger partial charge in [-0.2, -0.15) is 0 Å². The molecule has 3 aromatic carbocycles. The van der Waals surface area contributed by atoms with E-state index in [-0.39, 0.29) is 17.0 Å². The molecule has 1 aliphatic heterocycles. The average Bonchev–Trinajstić information content (AvgIpc) is 3.27. The fourth-order valence-electron chi connectivity index (χ4n) is 4.23. The summed E-state index contributed by atoms with van der Waals surface area (Å²) in [5, 5.41) is 0.550. The Kier molecular flexibility index (Phi) is 5.56. The number of aromatic nitrogens is 1. The van der Waals surface area contributed by atoms with E-state index in [2.05, 4.69) is 0 Å². The van der Waals surface area contributed by atoms with E-state index in [0.717, 1.165) is 5.56 Å². The summed E-state index contributed by atoms with van der Waals surface area (Å²) in [6, 6.07) is 20.2. The van der Waals surface area contributed by atoms with Gasteiger partial charge in [0.2, 0.25) is 0 Å². The van der Waals surface area contributed by atoms with Crippen LogP contribution in [0.15, 0.2) is 83.9 Å². The summed E-state index contributed by atoms with van der Waals surface area (Å²) in [7, 11) is -2.70. The number of benzene rings is 3. The molecular weight excluding hydrogens is 468 g/mol. The van der Waals surface area contributed by atoms with E-state index in [0.29, 0.717) is 22.3 Å². The van der Waals surface area contributed by atoms with Crippen LogP contribution < -0.4 is 9.04 Å².